The van der Waals surface area contributed by atoms with Crippen LogP contribution < -0.4 is 0 Å². The van der Waals surface area contributed by atoms with Crippen LogP contribution in [-0.2, 0) is 9.53 Å². The zero-order valence-electron chi connectivity index (χ0n) is 5.67. The first kappa shape index (κ1) is 7.23. The molecule has 0 aromatic rings. The summed E-state index contributed by atoms with van der Waals surface area (Å²) in [6, 6.07) is 1.84. The van der Waals surface area contributed by atoms with Crippen LogP contribution in [0.1, 0.15) is 12.8 Å². The fourth-order valence-corrected chi connectivity index (χ4v) is 1.01. The van der Waals surface area contributed by atoms with E-state index in [9.17, 15) is 4.79 Å². The van der Waals surface area contributed by atoms with Gasteiger partial charge in [0.1, 0.15) is 0 Å². The zero-order valence-corrected chi connectivity index (χ0v) is 5.67. The lowest BCUT2D eigenvalue weighted by Gasteiger charge is -1.99. The van der Waals surface area contributed by atoms with E-state index in [1.807, 2.05) is 6.07 Å². The minimum absolute atomic E-state index is 0.000324. The number of Topliss-reactive ketones (excluding diaryl/α,β-unsaturated/α-hetero) is 1. The number of carbonyl (C=O) groups is 1. The standard InChI is InChI=1S/C7H9NO2/c8-3-1-7(9)6-2-4-10-5-6/h6H,1-2,4-5H2/t6-/m1/s1. The summed E-state index contributed by atoms with van der Waals surface area (Å²) >= 11 is 0. The molecule has 1 rings (SSSR count). The van der Waals surface area contributed by atoms with Crippen molar-refractivity contribution in [3.8, 4) is 6.07 Å². The second-order valence-electron chi connectivity index (χ2n) is 2.36. The van der Waals surface area contributed by atoms with Crippen LogP contribution in [0.15, 0.2) is 0 Å². The summed E-state index contributed by atoms with van der Waals surface area (Å²) in [4.78, 5) is 10.9. The predicted octanol–water partition coefficient (Wildman–Crippen LogP) is 0.506. The molecular formula is C7H9NO2. The third kappa shape index (κ3) is 1.55. The van der Waals surface area contributed by atoms with Gasteiger partial charge < -0.3 is 4.74 Å². The van der Waals surface area contributed by atoms with E-state index in [1.165, 1.54) is 0 Å². The topological polar surface area (TPSA) is 50.1 Å². The smallest absolute Gasteiger partial charge is 0.152 e. The van der Waals surface area contributed by atoms with Gasteiger partial charge in [-0.15, -0.1) is 0 Å². The molecular weight excluding hydrogens is 130 g/mol. The molecule has 1 aliphatic rings. The van der Waals surface area contributed by atoms with Crippen LogP contribution in [0.3, 0.4) is 0 Å². The highest BCUT2D eigenvalue weighted by Crippen LogP contribution is 2.14. The molecule has 3 heteroatoms. The Labute approximate surface area is 59.6 Å². The Morgan fingerprint density at radius 3 is 3.10 bits per heavy atom. The molecule has 0 N–H and O–H groups in total. The fourth-order valence-electron chi connectivity index (χ4n) is 1.01. The molecule has 0 amide bonds. The van der Waals surface area contributed by atoms with Gasteiger partial charge in [-0.25, -0.2) is 0 Å². The highest BCUT2D eigenvalue weighted by atomic mass is 16.5. The summed E-state index contributed by atoms with van der Waals surface area (Å²) in [7, 11) is 0. The molecule has 3 nitrogen and oxygen atoms in total. The summed E-state index contributed by atoms with van der Waals surface area (Å²) in [5.41, 5.74) is 0. The molecule has 10 heavy (non-hydrogen) atoms. The Morgan fingerprint density at radius 1 is 1.80 bits per heavy atom. The first-order chi connectivity index (χ1) is 4.84. The van der Waals surface area contributed by atoms with Crippen molar-refractivity contribution in [1.82, 2.24) is 0 Å². The van der Waals surface area contributed by atoms with Crippen molar-refractivity contribution in [3.63, 3.8) is 0 Å². The SMILES string of the molecule is N#CCC(=O)[C@@H]1CCOC1. The maximum atomic E-state index is 10.9. The van der Waals surface area contributed by atoms with Gasteiger partial charge in [-0.1, -0.05) is 0 Å². The van der Waals surface area contributed by atoms with Gasteiger partial charge in [-0.05, 0) is 6.42 Å². The highest BCUT2D eigenvalue weighted by molar-refractivity contribution is 5.83. The number of hydrogen-bond donors (Lipinski definition) is 0. The molecule has 54 valence electrons. The molecule has 0 aliphatic carbocycles. The van der Waals surface area contributed by atoms with Crippen molar-refractivity contribution in [1.29, 1.82) is 5.26 Å². The Balaban J connectivity index is 2.34. The summed E-state index contributed by atoms with van der Waals surface area (Å²) in [5, 5.41) is 8.19. The van der Waals surface area contributed by atoms with Crippen LogP contribution in [0.25, 0.3) is 0 Å². The number of hydrogen-bond acceptors (Lipinski definition) is 3. The average molecular weight is 139 g/mol. The van der Waals surface area contributed by atoms with E-state index in [0.29, 0.717) is 13.2 Å². The van der Waals surface area contributed by atoms with Crippen molar-refractivity contribution in [3.05, 3.63) is 0 Å². The van der Waals surface area contributed by atoms with Crippen LogP contribution in [0, 0.1) is 17.2 Å². The van der Waals surface area contributed by atoms with Crippen molar-refractivity contribution >= 4 is 5.78 Å². The number of nitriles is 1. The monoisotopic (exact) mass is 139 g/mol. The minimum atomic E-state index is -0.000324. The number of carbonyl (C=O) groups excluding carboxylic acids is 1. The molecule has 1 saturated heterocycles. The zero-order chi connectivity index (χ0) is 7.40. The van der Waals surface area contributed by atoms with Crippen molar-refractivity contribution in [2.75, 3.05) is 13.2 Å². The van der Waals surface area contributed by atoms with Crippen molar-refractivity contribution < 1.29 is 9.53 Å². The molecule has 0 spiro atoms. The van der Waals surface area contributed by atoms with Crippen LogP contribution in [0.4, 0.5) is 0 Å². The van der Waals surface area contributed by atoms with Gasteiger partial charge in [0.15, 0.2) is 5.78 Å². The van der Waals surface area contributed by atoms with Gasteiger partial charge in [-0.3, -0.25) is 4.79 Å². The van der Waals surface area contributed by atoms with Gasteiger partial charge in [0.25, 0.3) is 0 Å². The van der Waals surface area contributed by atoms with E-state index in [0.717, 1.165) is 6.42 Å². The summed E-state index contributed by atoms with van der Waals surface area (Å²) in [6.07, 6.45) is 0.828. The van der Waals surface area contributed by atoms with Crippen LogP contribution in [-0.4, -0.2) is 19.0 Å². The van der Waals surface area contributed by atoms with E-state index in [1.54, 1.807) is 0 Å². The predicted molar refractivity (Wildman–Crippen MR) is 34.2 cm³/mol. The molecule has 1 atom stereocenters. The molecule has 0 saturated carbocycles. The Bertz CT molecular complexity index is 165. The Kier molecular flexibility index (Phi) is 2.41. The minimum Gasteiger partial charge on any atom is -0.381 e. The van der Waals surface area contributed by atoms with E-state index >= 15 is 0 Å². The number of ether oxygens (including phenoxy) is 1. The normalized spacial score (nSPS) is 24.1. The Morgan fingerprint density at radius 2 is 2.60 bits per heavy atom. The van der Waals surface area contributed by atoms with Crippen LogP contribution >= 0.6 is 0 Å². The molecule has 1 fully saturated rings. The molecule has 1 aliphatic heterocycles. The van der Waals surface area contributed by atoms with Crippen molar-refractivity contribution in [2.24, 2.45) is 5.92 Å². The van der Waals surface area contributed by atoms with Gasteiger partial charge in [-0.2, -0.15) is 5.26 Å². The highest BCUT2D eigenvalue weighted by Gasteiger charge is 2.22. The second-order valence-corrected chi connectivity index (χ2v) is 2.36. The summed E-state index contributed by atoms with van der Waals surface area (Å²) < 4.78 is 4.99. The van der Waals surface area contributed by atoms with Gasteiger partial charge in [0.2, 0.25) is 0 Å². The van der Waals surface area contributed by atoms with E-state index in [2.05, 4.69) is 0 Å². The summed E-state index contributed by atoms with van der Waals surface area (Å²) in [6.45, 7) is 1.18. The molecule has 1 heterocycles. The maximum absolute atomic E-state index is 10.9. The average Bonchev–Trinajstić information content (AvgIpc) is 2.38. The quantitative estimate of drug-likeness (QED) is 0.560. The molecule has 0 aromatic heterocycles. The molecule has 0 radical (unpaired) electrons. The number of rotatable bonds is 2. The van der Waals surface area contributed by atoms with E-state index < -0.39 is 0 Å². The number of nitrogens with zero attached hydrogens (tertiary/aromatic N) is 1. The summed E-state index contributed by atoms with van der Waals surface area (Å²) in [5.74, 6) is 0.0275. The maximum Gasteiger partial charge on any atom is 0.152 e. The lowest BCUT2D eigenvalue weighted by Crippen LogP contribution is -2.12. The largest absolute Gasteiger partial charge is 0.381 e. The third-order valence-electron chi connectivity index (χ3n) is 1.64. The van der Waals surface area contributed by atoms with Crippen LogP contribution in [0.2, 0.25) is 0 Å². The van der Waals surface area contributed by atoms with E-state index in [4.69, 9.17) is 10.00 Å². The Hall–Kier alpha value is -0.880. The lowest BCUT2D eigenvalue weighted by atomic mass is 10.0. The van der Waals surface area contributed by atoms with Gasteiger partial charge in [0.05, 0.1) is 19.1 Å². The lowest BCUT2D eigenvalue weighted by molar-refractivity contribution is -0.121. The van der Waals surface area contributed by atoms with Gasteiger partial charge in [0, 0.05) is 12.5 Å². The van der Waals surface area contributed by atoms with Crippen LogP contribution in [0.5, 0.6) is 0 Å². The third-order valence-corrected chi connectivity index (χ3v) is 1.64. The molecule has 0 aromatic carbocycles. The molecule has 0 bridgehead atoms. The first-order valence-corrected chi connectivity index (χ1v) is 3.32. The fraction of sp³-hybridized carbons (Fsp3) is 0.714. The van der Waals surface area contributed by atoms with Gasteiger partial charge >= 0.3 is 0 Å². The second kappa shape index (κ2) is 3.33. The molecule has 0 unspecified atom stereocenters. The van der Waals surface area contributed by atoms with Crippen molar-refractivity contribution in [2.45, 2.75) is 12.8 Å². The number of ketones is 1. The van der Waals surface area contributed by atoms with E-state index in [-0.39, 0.29) is 18.1 Å². The first-order valence-electron chi connectivity index (χ1n) is 3.32.